The molecule has 8 heteroatoms. The SMILES string of the molecule is COCCOCCCN=C(NCCN1CCCC(C)C1)Nc1ccc2c(c1)OCCCO2. The van der Waals surface area contributed by atoms with Crippen molar-refractivity contribution in [3.63, 3.8) is 0 Å². The molecule has 0 spiro atoms. The number of nitrogens with one attached hydrogen (secondary N) is 2. The number of guanidine groups is 1. The molecule has 0 saturated carbocycles. The van der Waals surface area contributed by atoms with E-state index in [1.807, 2.05) is 18.2 Å². The highest BCUT2D eigenvalue weighted by atomic mass is 16.5. The van der Waals surface area contributed by atoms with E-state index in [9.17, 15) is 0 Å². The zero-order valence-electron chi connectivity index (χ0n) is 19.7. The summed E-state index contributed by atoms with van der Waals surface area (Å²) in [5.74, 6) is 3.14. The van der Waals surface area contributed by atoms with Gasteiger partial charge in [0.25, 0.3) is 0 Å². The molecule has 2 aliphatic heterocycles. The first-order valence-corrected chi connectivity index (χ1v) is 12.0. The van der Waals surface area contributed by atoms with Crippen LogP contribution in [-0.2, 0) is 9.47 Å². The maximum absolute atomic E-state index is 5.83. The maximum atomic E-state index is 5.83. The lowest BCUT2D eigenvalue weighted by atomic mass is 10.0. The summed E-state index contributed by atoms with van der Waals surface area (Å²) in [6.45, 7) is 10.6. The summed E-state index contributed by atoms with van der Waals surface area (Å²) >= 11 is 0. The third-order valence-corrected chi connectivity index (χ3v) is 5.62. The first-order valence-electron chi connectivity index (χ1n) is 12.0. The molecule has 32 heavy (non-hydrogen) atoms. The Balaban J connectivity index is 1.53. The third kappa shape index (κ3) is 8.84. The molecule has 0 aromatic heterocycles. The largest absolute Gasteiger partial charge is 0.490 e. The summed E-state index contributed by atoms with van der Waals surface area (Å²) in [6, 6.07) is 5.95. The Hall–Kier alpha value is -2.03. The molecule has 3 rings (SSSR count). The summed E-state index contributed by atoms with van der Waals surface area (Å²) < 4.78 is 22.1. The zero-order chi connectivity index (χ0) is 22.4. The number of benzene rings is 1. The molecule has 0 amide bonds. The number of fused-ring (bicyclic) bond motifs is 1. The van der Waals surface area contributed by atoms with Gasteiger partial charge in [0.15, 0.2) is 17.5 Å². The molecule has 2 heterocycles. The van der Waals surface area contributed by atoms with Crippen LogP contribution in [0.3, 0.4) is 0 Å². The van der Waals surface area contributed by atoms with E-state index in [2.05, 4.69) is 22.5 Å². The Bertz CT molecular complexity index is 701. The first-order chi connectivity index (χ1) is 15.7. The Morgan fingerprint density at radius 1 is 1.16 bits per heavy atom. The van der Waals surface area contributed by atoms with E-state index < -0.39 is 0 Å². The third-order valence-electron chi connectivity index (χ3n) is 5.62. The van der Waals surface area contributed by atoms with Crippen LogP contribution in [0.2, 0.25) is 0 Å². The second-order valence-electron chi connectivity index (χ2n) is 8.50. The monoisotopic (exact) mass is 448 g/mol. The van der Waals surface area contributed by atoms with Gasteiger partial charge >= 0.3 is 0 Å². The van der Waals surface area contributed by atoms with Crippen molar-refractivity contribution < 1.29 is 18.9 Å². The van der Waals surface area contributed by atoms with Crippen LogP contribution < -0.4 is 20.1 Å². The van der Waals surface area contributed by atoms with Crippen LogP contribution in [0.15, 0.2) is 23.2 Å². The van der Waals surface area contributed by atoms with Gasteiger partial charge in [0.1, 0.15) is 0 Å². The molecule has 1 unspecified atom stereocenters. The Kier molecular flexibility index (Phi) is 10.9. The highest BCUT2D eigenvalue weighted by Crippen LogP contribution is 2.32. The normalized spacial score (nSPS) is 19.4. The molecule has 2 aliphatic rings. The summed E-state index contributed by atoms with van der Waals surface area (Å²) in [7, 11) is 1.68. The molecule has 180 valence electrons. The average molecular weight is 449 g/mol. The number of likely N-dealkylation sites (tertiary alicyclic amines) is 1. The number of anilines is 1. The van der Waals surface area contributed by atoms with Gasteiger partial charge < -0.3 is 34.5 Å². The lowest BCUT2D eigenvalue weighted by Gasteiger charge is -2.30. The minimum atomic E-state index is 0.620. The van der Waals surface area contributed by atoms with Gasteiger partial charge in [-0.05, 0) is 43.9 Å². The van der Waals surface area contributed by atoms with E-state index >= 15 is 0 Å². The van der Waals surface area contributed by atoms with E-state index in [1.165, 1.54) is 25.9 Å². The molecule has 1 aromatic carbocycles. The number of aliphatic imine (C=N–C) groups is 1. The Morgan fingerprint density at radius 2 is 2.03 bits per heavy atom. The molecule has 8 nitrogen and oxygen atoms in total. The standard InChI is InChI=1S/C24H40N4O4/c1-20-6-3-11-28(19-20)12-10-26-24(25-9-4-13-30-17-16-29-2)27-21-7-8-22-23(18-21)32-15-5-14-31-22/h7-8,18,20H,3-6,9-17,19H2,1-2H3,(H2,25,26,27). The Labute approximate surface area is 192 Å². The van der Waals surface area contributed by atoms with Crippen LogP contribution in [-0.4, -0.2) is 83.7 Å². The van der Waals surface area contributed by atoms with Gasteiger partial charge in [-0.15, -0.1) is 0 Å². The van der Waals surface area contributed by atoms with Gasteiger partial charge in [0, 0.05) is 58.1 Å². The van der Waals surface area contributed by atoms with Crippen molar-refractivity contribution in [1.29, 1.82) is 0 Å². The fourth-order valence-corrected chi connectivity index (χ4v) is 3.94. The minimum absolute atomic E-state index is 0.620. The average Bonchev–Trinajstić information content (AvgIpc) is 3.03. The first kappa shape index (κ1) is 24.6. The number of hydrogen-bond acceptors (Lipinski definition) is 6. The molecule has 1 atom stereocenters. The predicted molar refractivity (Wildman–Crippen MR) is 128 cm³/mol. The van der Waals surface area contributed by atoms with Gasteiger partial charge in [0.05, 0.1) is 26.4 Å². The second-order valence-corrected chi connectivity index (χ2v) is 8.50. The van der Waals surface area contributed by atoms with Crippen LogP contribution in [0.5, 0.6) is 11.5 Å². The molecule has 1 aromatic rings. The predicted octanol–water partition coefficient (Wildman–Crippen LogP) is 2.99. The van der Waals surface area contributed by atoms with Crippen molar-refractivity contribution in [2.75, 3.05) is 78.2 Å². The van der Waals surface area contributed by atoms with E-state index in [-0.39, 0.29) is 0 Å². The molecule has 1 saturated heterocycles. The number of ether oxygens (including phenoxy) is 4. The van der Waals surface area contributed by atoms with Crippen molar-refractivity contribution >= 4 is 11.6 Å². The molecule has 2 N–H and O–H groups in total. The summed E-state index contributed by atoms with van der Waals surface area (Å²) in [5.41, 5.74) is 0.934. The van der Waals surface area contributed by atoms with E-state index in [1.54, 1.807) is 7.11 Å². The van der Waals surface area contributed by atoms with Gasteiger partial charge in [-0.1, -0.05) is 6.92 Å². The minimum Gasteiger partial charge on any atom is -0.490 e. The molecular weight excluding hydrogens is 408 g/mol. The summed E-state index contributed by atoms with van der Waals surface area (Å²) in [4.78, 5) is 7.30. The van der Waals surface area contributed by atoms with Gasteiger partial charge in [0.2, 0.25) is 0 Å². The highest BCUT2D eigenvalue weighted by Gasteiger charge is 2.16. The molecule has 0 radical (unpaired) electrons. The van der Waals surface area contributed by atoms with Crippen molar-refractivity contribution in [2.24, 2.45) is 10.9 Å². The zero-order valence-corrected chi connectivity index (χ0v) is 19.7. The van der Waals surface area contributed by atoms with Gasteiger partial charge in [-0.25, -0.2) is 0 Å². The van der Waals surface area contributed by atoms with Crippen molar-refractivity contribution in [1.82, 2.24) is 10.2 Å². The van der Waals surface area contributed by atoms with Crippen LogP contribution in [0.1, 0.15) is 32.6 Å². The Morgan fingerprint density at radius 3 is 2.88 bits per heavy atom. The smallest absolute Gasteiger partial charge is 0.195 e. The number of nitrogens with zero attached hydrogens (tertiary/aromatic N) is 2. The van der Waals surface area contributed by atoms with E-state index in [0.29, 0.717) is 39.6 Å². The number of rotatable bonds is 11. The quantitative estimate of drug-likeness (QED) is 0.306. The van der Waals surface area contributed by atoms with Gasteiger partial charge in [-0.2, -0.15) is 0 Å². The van der Waals surface area contributed by atoms with Crippen LogP contribution >= 0.6 is 0 Å². The number of methoxy groups -OCH3 is 1. The van der Waals surface area contributed by atoms with Crippen LogP contribution in [0, 0.1) is 5.92 Å². The van der Waals surface area contributed by atoms with E-state index in [0.717, 1.165) is 55.0 Å². The topological polar surface area (TPSA) is 76.6 Å². The van der Waals surface area contributed by atoms with Crippen molar-refractivity contribution in [3.05, 3.63) is 18.2 Å². The molecule has 1 fully saturated rings. The van der Waals surface area contributed by atoms with Crippen LogP contribution in [0.25, 0.3) is 0 Å². The molecular formula is C24H40N4O4. The fraction of sp³-hybridized carbons (Fsp3) is 0.708. The highest BCUT2D eigenvalue weighted by molar-refractivity contribution is 5.94. The molecule has 0 aliphatic carbocycles. The lowest BCUT2D eigenvalue weighted by Crippen LogP contribution is -2.41. The lowest BCUT2D eigenvalue weighted by molar-refractivity contribution is 0.0702. The van der Waals surface area contributed by atoms with Crippen molar-refractivity contribution in [2.45, 2.75) is 32.6 Å². The summed E-state index contributed by atoms with van der Waals surface area (Å²) in [6.07, 6.45) is 4.39. The second kappa shape index (κ2) is 14.2. The van der Waals surface area contributed by atoms with E-state index in [4.69, 9.17) is 23.9 Å². The fourth-order valence-electron chi connectivity index (χ4n) is 3.94. The molecule has 0 bridgehead atoms. The maximum Gasteiger partial charge on any atom is 0.195 e. The number of piperidine rings is 1. The van der Waals surface area contributed by atoms with Gasteiger partial charge in [-0.3, -0.25) is 4.99 Å². The number of hydrogen-bond donors (Lipinski definition) is 2. The van der Waals surface area contributed by atoms with Crippen LogP contribution in [0.4, 0.5) is 5.69 Å². The van der Waals surface area contributed by atoms with Crippen molar-refractivity contribution in [3.8, 4) is 11.5 Å². The summed E-state index contributed by atoms with van der Waals surface area (Å²) in [5, 5.41) is 6.93.